The Balaban J connectivity index is 2.61. The topological polar surface area (TPSA) is 87.5 Å². The summed E-state index contributed by atoms with van der Waals surface area (Å²) in [6.07, 6.45) is -0.133. The number of nitrogens with zero attached hydrogens (tertiary/aromatic N) is 4. The Morgan fingerprint density at radius 1 is 1.56 bits per heavy atom. The zero-order chi connectivity index (χ0) is 13.5. The van der Waals surface area contributed by atoms with Crippen LogP contribution in [0, 0.1) is 0 Å². The molecule has 1 rings (SSSR count). The molecule has 0 aliphatic carbocycles. The molecule has 0 N–H and O–H groups in total. The first-order chi connectivity index (χ1) is 8.56. The van der Waals surface area contributed by atoms with Crippen LogP contribution in [-0.4, -0.2) is 55.9 Å². The van der Waals surface area contributed by atoms with Gasteiger partial charge >= 0.3 is 5.97 Å². The number of ether oxygens (including phenoxy) is 2. The van der Waals surface area contributed by atoms with Crippen LogP contribution in [0.3, 0.4) is 0 Å². The summed E-state index contributed by atoms with van der Waals surface area (Å²) >= 11 is 0. The van der Waals surface area contributed by atoms with Crippen molar-refractivity contribution >= 4 is 5.97 Å². The van der Waals surface area contributed by atoms with Gasteiger partial charge in [0.15, 0.2) is 0 Å². The van der Waals surface area contributed by atoms with E-state index in [0.717, 1.165) is 0 Å². The molecule has 0 amide bonds. The molecule has 102 valence electrons. The summed E-state index contributed by atoms with van der Waals surface area (Å²) in [7, 11) is 1.36. The summed E-state index contributed by atoms with van der Waals surface area (Å²) in [6.45, 7) is 5.88. The first kappa shape index (κ1) is 14.8. The molecular weight excluding hydrogens is 236 g/mol. The van der Waals surface area contributed by atoms with E-state index in [-0.39, 0.29) is 31.1 Å². The lowest BCUT2D eigenvalue weighted by atomic mass is 10.1. The maximum atomic E-state index is 11.3. The SMILES string of the molecule is COC(=O)C[C@H]1CN(C(C)C)C[C@@H](CN=[N+]=[N-])O1. The molecule has 0 spiro atoms. The predicted octanol–water partition coefficient (Wildman–Crippen LogP) is 1.34. The molecule has 0 unspecified atom stereocenters. The van der Waals surface area contributed by atoms with Crippen LogP contribution >= 0.6 is 0 Å². The third-order valence-corrected chi connectivity index (χ3v) is 2.96. The lowest BCUT2D eigenvalue weighted by molar-refractivity contribution is -0.149. The van der Waals surface area contributed by atoms with Crippen molar-refractivity contribution in [3.05, 3.63) is 10.4 Å². The first-order valence-electron chi connectivity index (χ1n) is 6.04. The monoisotopic (exact) mass is 256 g/mol. The molecule has 0 bridgehead atoms. The van der Waals surface area contributed by atoms with Gasteiger partial charge in [0.1, 0.15) is 0 Å². The van der Waals surface area contributed by atoms with Gasteiger partial charge in [-0.3, -0.25) is 9.69 Å². The van der Waals surface area contributed by atoms with Crippen molar-refractivity contribution in [2.45, 2.75) is 38.5 Å². The van der Waals surface area contributed by atoms with Crippen molar-refractivity contribution in [1.29, 1.82) is 0 Å². The summed E-state index contributed by atoms with van der Waals surface area (Å²) in [5.41, 5.74) is 8.34. The van der Waals surface area contributed by atoms with Gasteiger partial charge in [0.05, 0.1) is 32.3 Å². The molecule has 1 aliphatic heterocycles. The largest absolute Gasteiger partial charge is 0.469 e. The number of hydrogen-bond donors (Lipinski definition) is 0. The van der Waals surface area contributed by atoms with E-state index in [9.17, 15) is 4.79 Å². The molecule has 1 fully saturated rings. The average molecular weight is 256 g/mol. The van der Waals surface area contributed by atoms with Gasteiger partial charge < -0.3 is 9.47 Å². The van der Waals surface area contributed by atoms with Gasteiger partial charge in [0.2, 0.25) is 0 Å². The number of methoxy groups -OCH3 is 1. The van der Waals surface area contributed by atoms with Crippen LogP contribution in [0.2, 0.25) is 0 Å². The minimum atomic E-state index is -0.284. The minimum Gasteiger partial charge on any atom is -0.469 e. The summed E-state index contributed by atoms with van der Waals surface area (Å²) < 4.78 is 10.4. The highest BCUT2D eigenvalue weighted by Crippen LogP contribution is 2.17. The molecule has 1 saturated heterocycles. The fourth-order valence-electron chi connectivity index (χ4n) is 1.99. The van der Waals surface area contributed by atoms with Crippen LogP contribution in [0.4, 0.5) is 0 Å². The molecule has 0 aromatic heterocycles. The van der Waals surface area contributed by atoms with E-state index in [0.29, 0.717) is 19.1 Å². The van der Waals surface area contributed by atoms with Gasteiger partial charge in [0, 0.05) is 24.0 Å². The van der Waals surface area contributed by atoms with E-state index in [1.807, 2.05) is 0 Å². The van der Waals surface area contributed by atoms with Gasteiger partial charge in [-0.25, -0.2) is 0 Å². The Morgan fingerprint density at radius 2 is 2.22 bits per heavy atom. The molecule has 0 aromatic carbocycles. The lowest BCUT2D eigenvalue weighted by Gasteiger charge is -2.39. The van der Waals surface area contributed by atoms with Crippen molar-refractivity contribution in [2.75, 3.05) is 26.7 Å². The van der Waals surface area contributed by atoms with Gasteiger partial charge in [-0.1, -0.05) is 5.11 Å². The molecular formula is C11H20N4O3. The van der Waals surface area contributed by atoms with Crippen molar-refractivity contribution in [3.63, 3.8) is 0 Å². The molecule has 2 atom stereocenters. The Bertz CT molecular complexity index is 328. The smallest absolute Gasteiger partial charge is 0.308 e. The third kappa shape index (κ3) is 4.52. The number of azide groups is 1. The zero-order valence-electron chi connectivity index (χ0n) is 11.1. The molecule has 1 aliphatic rings. The summed E-state index contributed by atoms with van der Waals surface area (Å²) in [6, 6.07) is 0.364. The highest BCUT2D eigenvalue weighted by molar-refractivity contribution is 5.69. The zero-order valence-corrected chi connectivity index (χ0v) is 11.1. The van der Waals surface area contributed by atoms with E-state index in [1.165, 1.54) is 7.11 Å². The van der Waals surface area contributed by atoms with Crippen molar-refractivity contribution in [1.82, 2.24) is 4.90 Å². The Kier molecular flexibility index (Phi) is 5.91. The van der Waals surface area contributed by atoms with E-state index in [1.54, 1.807) is 0 Å². The van der Waals surface area contributed by atoms with Crippen LogP contribution in [0.5, 0.6) is 0 Å². The van der Waals surface area contributed by atoms with Crippen LogP contribution in [-0.2, 0) is 14.3 Å². The second-order valence-corrected chi connectivity index (χ2v) is 4.62. The van der Waals surface area contributed by atoms with Crippen LogP contribution in [0.25, 0.3) is 10.4 Å². The molecule has 0 radical (unpaired) electrons. The maximum Gasteiger partial charge on any atom is 0.308 e. The fourth-order valence-corrected chi connectivity index (χ4v) is 1.99. The van der Waals surface area contributed by atoms with Crippen LogP contribution in [0.15, 0.2) is 5.11 Å². The van der Waals surface area contributed by atoms with Crippen LogP contribution < -0.4 is 0 Å². The summed E-state index contributed by atoms with van der Waals surface area (Å²) in [5, 5.41) is 3.54. The summed E-state index contributed by atoms with van der Waals surface area (Å²) in [5.74, 6) is -0.284. The van der Waals surface area contributed by atoms with E-state index in [2.05, 4.69) is 33.5 Å². The number of rotatable bonds is 5. The third-order valence-electron chi connectivity index (χ3n) is 2.96. The summed E-state index contributed by atoms with van der Waals surface area (Å²) in [4.78, 5) is 16.2. The number of carbonyl (C=O) groups is 1. The van der Waals surface area contributed by atoms with Gasteiger partial charge in [-0.15, -0.1) is 0 Å². The quantitative estimate of drug-likeness (QED) is 0.321. The Labute approximate surface area is 107 Å². The van der Waals surface area contributed by atoms with Gasteiger partial charge in [-0.05, 0) is 19.4 Å². The highest BCUT2D eigenvalue weighted by atomic mass is 16.5. The van der Waals surface area contributed by atoms with E-state index >= 15 is 0 Å². The molecule has 1 heterocycles. The van der Waals surface area contributed by atoms with Gasteiger partial charge in [-0.2, -0.15) is 0 Å². The highest BCUT2D eigenvalue weighted by Gasteiger charge is 2.30. The Hall–Kier alpha value is -1.30. The number of esters is 1. The number of carbonyl (C=O) groups excluding carboxylic acids is 1. The second-order valence-electron chi connectivity index (χ2n) is 4.62. The second kappa shape index (κ2) is 7.20. The van der Waals surface area contributed by atoms with Crippen LogP contribution in [0.1, 0.15) is 20.3 Å². The minimum absolute atomic E-state index is 0.160. The van der Waals surface area contributed by atoms with Gasteiger partial charge in [0.25, 0.3) is 0 Å². The molecule has 7 nitrogen and oxygen atoms in total. The number of morpholine rings is 1. The van der Waals surface area contributed by atoms with Crippen molar-refractivity contribution < 1.29 is 14.3 Å². The normalized spacial score (nSPS) is 24.7. The standard InChI is InChI=1S/C11H20N4O3/c1-8(2)15-6-9(4-11(16)17-3)18-10(7-15)5-13-14-12/h8-10H,4-7H2,1-3H3/t9-,10+/m0/s1. The number of hydrogen-bond acceptors (Lipinski definition) is 5. The fraction of sp³-hybridized carbons (Fsp3) is 0.909. The molecule has 0 aromatic rings. The predicted molar refractivity (Wildman–Crippen MR) is 66.0 cm³/mol. The molecule has 0 saturated carbocycles. The molecule has 18 heavy (non-hydrogen) atoms. The van der Waals surface area contributed by atoms with E-state index in [4.69, 9.17) is 10.3 Å². The maximum absolute atomic E-state index is 11.3. The van der Waals surface area contributed by atoms with E-state index < -0.39 is 0 Å². The molecule has 7 heteroatoms. The first-order valence-corrected chi connectivity index (χ1v) is 6.04. The van der Waals surface area contributed by atoms with Crippen molar-refractivity contribution in [3.8, 4) is 0 Å². The lowest BCUT2D eigenvalue weighted by Crippen LogP contribution is -2.51. The average Bonchev–Trinajstić information content (AvgIpc) is 2.35. The van der Waals surface area contributed by atoms with Crippen molar-refractivity contribution in [2.24, 2.45) is 5.11 Å². The Morgan fingerprint density at radius 3 is 2.78 bits per heavy atom.